The topological polar surface area (TPSA) is 56.1 Å². The summed E-state index contributed by atoms with van der Waals surface area (Å²) in [5.41, 5.74) is 2.74. The molecule has 3 rings (SSSR count). The molecule has 0 aromatic heterocycles. The summed E-state index contributed by atoms with van der Waals surface area (Å²) in [5, 5.41) is 11.4. The van der Waals surface area contributed by atoms with Crippen molar-refractivity contribution < 1.29 is 4.92 Å². The van der Waals surface area contributed by atoms with Crippen LogP contribution in [0.4, 0.5) is 17.1 Å². The molecule has 26 heavy (non-hydrogen) atoms. The molecule has 1 aromatic rings. The number of aryl methyl sites for hydroxylation is 1. The van der Waals surface area contributed by atoms with Gasteiger partial charge < -0.3 is 14.7 Å². The Labute approximate surface area is 156 Å². The number of piperazine rings is 1. The number of likely N-dealkylation sites (N-methyl/N-ethyl adjacent to an activating group) is 1. The number of anilines is 2. The highest BCUT2D eigenvalue weighted by molar-refractivity contribution is 5.73. The molecule has 2 aliphatic heterocycles. The lowest BCUT2D eigenvalue weighted by Crippen LogP contribution is -2.52. The molecule has 0 bridgehead atoms. The maximum Gasteiger partial charge on any atom is 0.295 e. The van der Waals surface area contributed by atoms with Gasteiger partial charge in [0, 0.05) is 70.7 Å². The van der Waals surface area contributed by atoms with Crippen molar-refractivity contribution in [3.63, 3.8) is 0 Å². The lowest BCUT2D eigenvalue weighted by molar-refractivity contribution is -0.384. The molecule has 2 heterocycles. The van der Waals surface area contributed by atoms with E-state index in [1.54, 1.807) is 0 Å². The SMILES string of the molecule is Cc1cc(N2CCC(N3CCN(C)CC3)CC2)cc(N(C)C)c1[N+](=O)[O-]. The van der Waals surface area contributed by atoms with E-state index >= 15 is 0 Å². The Morgan fingerprint density at radius 1 is 1.08 bits per heavy atom. The van der Waals surface area contributed by atoms with E-state index < -0.39 is 0 Å². The van der Waals surface area contributed by atoms with Gasteiger partial charge >= 0.3 is 0 Å². The van der Waals surface area contributed by atoms with Crippen LogP contribution in [0, 0.1) is 17.0 Å². The molecule has 144 valence electrons. The quantitative estimate of drug-likeness (QED) is 0.605. The van der Waals surface area contributed by atoms with Gasteiger partial charge in [0.05, 0.1) is 4.92 Å². The minimum absolute atomic E-state index is 0.214. The number of hydrogen-bond acceptors (Lipinski definition) is 6. The first-order valence-corrected chi connectivity index (χ1v) is 9.50. The number of piperidine rings is 1. The largest absolute Gasteiger partial charge is 0.372 e. The number of nitro groups is 1. The number of nitrogens with zero attached hydrogens (tertiary/aromatic N) is 5. The zero-order valence-corrected chi connectivity index (χ0v) is 16.4. The van der Waals surface area contributed by atoms with E-state index in [-0.39, 0.29) is 10.6 Å². The van der Waals surface area contributed by atoms with Gasteiger partial charge in [0.25, 0.3) is 5.69 Å². The minimum atomic E-state index is -0.270. The molecule has 2 fully saturated rings. The lowest BCUT2D eigenvalue weighted by atomic mass is 10.0. The van der Waals surface area contributed by atoms with Gasteiger partial charge in [-0.3, -0.25) is 15.0 Å². The molecule has 0 amide bonds. The van der Waals surface area contributed by atoms with Crippen molar-refractivity contribution in [1.29, 1.82) is 0 Å². The van der Waals surface area contributed by atoms with E-state index in [1.807, 2.05) is 38.1 Å². The fourth-order valence-corrected chi connectivity index (χ4v) is 4.18. The fourth-order valence-electron chi connectivity index (χ4n) is 4.18. The summed E-state index contributed by atoms with van der Waals surface area (Å²) in [6.07, 6.45) is 2.33. The second kappa shape index (κ2) is 7.80. The van der Waals surface area contributed by atoms with Crippen LogP contribution in [0.15, 0.2) is 12.1 Å². The highest BCUT2D eigenvalue weighted by Gasteiger charge is 2.28. The van der Waals surface area contributed by atoms with Crippen molar-refractivity contribution in [2.75, 3.05) is 70.2 Å². The zero-order valence-electron chi connectivity index (χ0n) is 16.4. The number of rotatable bonds is 4. The first-order chi connectivity index (χ1) is 12.4. The molecule has 2 saturated heterocycles. The Morgan fingerprint density at radius 2 is 1.69 bits per heavy atom. The average molecular weight is 361 g/mol. The normalized spacial score (nSPS) is 20.4. The lowest BCUT2D eigenvalue weighted by Gasteiger charge is -2.42. The highest BCUT2D eigenvalue weighted by atomic mass is 16.6. The molecule has 0 aliphatic carbocycles. The standard InChI is InChI=1S/C19H31N5O2/c1-15-13-17(14-18(20(2)3)19(15)24(25)26)22-7-5-16(6-8-22)23-11-9-21(4)10-12-23/h13-14,16H,5-12H2,1-4H3. The molecule has 2 aliphatic rings. The molecule has 0 atom stereocenters. The first kappa shape index (κ1) is 18.9. The van der Waals surface area contributed by atoms with Crippen LogP contribution in [0.25, 0.3) is 0 Å². The summed E-state index contributed by atoms with van der Waals surface area (Å²) >= 11 is 0. The monoisotopic (exact) mass is 361 g/mol. The van der Waals surface area contributed by atoms with Crippen LogP contribution in [0.3, 0.4) is 0 Å². The van der Waals surface area contributed by atoms with E-state index in [4.69, 9.17) is 0 Å². The second-order valence-corrected chi connectivity index (χ2v) is 7.84. The van der Waals surface area contributed by atoms with Crippen LogP contribution >= 0.6 is 0 Å². The van der Waals surface area contributed by atoms with Crippen LogP contribution in [0.5, 0.6) is 0 Å². The molecule has 0 spiro atoms. The Bertz CT molecular complexity index is 648. The Balaban J connectivity index is 1.70. The van der Waals surface area contributed by atoms with E-state index in [2.05, 4.69) is 21.7 Å². The first-order valence-electron chi connectivity index (χ1n) is 9.50. The van der Waals surface area contributed by atoms with Crippen LogP contribution in [-0.4, -0.2) is 81.2 Å². The van der Waals surface area contributed by atoms with Gasteiger partial charge in [0.15, 0.2) is 0 Å². The molecular weight excluding hydrogens is 330 g/mol. The summed E-state index contributed by atoms with van der Waals surface area (Å²) in [4.78, 5) is 20.4. The van der Waals surface area contributed by atoms with Gasteiger partial charge in [0.2, 0.25) is 0 Å². The Kier molecular flexibility index (Phi) is 5.67. The predicted octanol–water partition coefficient (Wildman–Crippen LogP) is 2.19. The predicted molar refractivity (Wildman–Crippen MR) is 106 cm³/mol. The molecule has 7 nitrogen and oxygen atoms in total. The second-order valence-electron chi connectivity index (χ2n) is 7.84. The summed E-state index contributed by atoms with van der Waals surface area (Å²) in [6.45, 7) is 8.53. The number of hydrogen-bond donors (Lipinski definition) is 0. The third-order valence-electron chi connectivity index (χ3n) is 5.81. The van der Waals surface area contributed by atoms with E-state index in [1.165, 1.54) is 13.1 Å². The molecular formula is C19H31N5O2. The summed E-state index contributed by atoms with van der Waals surface area (Å²) in [7, 11) is 5.93. The van der Waals surface area contributed by atoms with Gasteiger partial charge in [-0.15, -0.1) is 0 Å². The molecule has 0 saturated carbocycles. The number of nitro benzene ring substituents is 1. The van der Waals surface area contributed by atoms with Gasteiger partial charge in [0.1, 0.15) is 5.69 Å². The van der Waals surface area contributed by atoms with Crippen molar-refractivity contribution >= 4 is 17.1 Å². The van der Waals surface area contributed by atoms with Crippen LogP contribution < -0.4 is 9.80 Å². The Morgan fingerprint density at radius 3 is 2.23 bits per heavy atom. The fraction of sp³-hybridized carbons (Fsp3) is 0.684. The van der Waals surface area contributed by atoms with Crippen molar-refractivity contribution in [2.24, 2.45) is 0 Å². The Hall–Kier alpha value is -1.86. The van der Waals surface area contributed by atoms with E-state index in [0.717, 1.165) is 50.3 Å². The molecule has 0 N–H and O–H groups in total. The van der Waals surface area contributed by atoms with Crippen LogP contribution in [0.2, 0.25) is 0 Å². The van der Waals surface area contributed by atoms with Gasteiger partial charge in [-0.2, -0.15) is 0 Å². The summed E-state index contributed by atoms with van der Waals surface area (Å²) in [6, 6.07) is 4.62. The van der Waals surface area contributed by atoms with Crippen molar-refractivity contribution in [3.8, 4) is 0 Å². The third kappa shape index (κ3) is 3.94. The smallest absolute Gasteiger partial charge is 0.295 e. The maximum atomic E-state index is 11.4. The van der Waals surface area contributed by atoms with Crippen LogP contribution in [0.1, 0.15) is 18.4 Å². The van der Waals surface area contributed by atoms with Gasteiger partial charge in [-0.25, -0.2) is 0 Å². The van der Waals surface area contributed by atoms with Crippen LogP contribution in [-0.2, 0) is 0 Å². The molecule has 1 aromatic carbocycles. The average Bonchev–Trinajstić information content (AvgIpc) is 2.61. The molecule has 0 radical (unpaired) electrons. The zero-order chi connectivity index (χ0) is 18.8. The summed E-state index contributed by atoms with van der Waals surface area (Å²) < 4.78 is 0. The van der Waals surface area contributed by atoms with Gasteiger partial charge in [-0.05, 0) is 38.9 Å². The summed E-state index contributed by atoms with van der Waals surface area (Å²) in [5.74, 6) is 0. The molecule has 0 unspecified atom stereocenters. The third-order valence-corrected chi connectivity index (χ3v) is 5.81. The minimum Gasteiger partial charge on any atom is -0.372 e. The maximum absolute atomic E-state index is 11.4. The number of benzene rings is 1. The highest BCUT2D eigenvalue weighted by Crippen LogP contribution is 2.36. The molecule has 7 heteroatoms. The van der Waals surface area contributed by atoms with Gasteiger partial charge in [-0.1, -0.05) is 0 Å². The van der Waals surface area contributed by atoms with Crippen molar-refractivity contribution in [2.45, 2.75) is 25.8 Å². The van der Waals surface area contributed by atoms with E-state index in [9.17, 15) is 10.1 Å². The van der Waals surface area contributed by atoms with Crippen molar-refractivity contribution in [1.82, 2.24) is 9.80 Å². The van der Waals surface area contributed by atoms with Crippen molar-refractivity contribution in [3.05, 3.63) is 27.8 Å². The van der Waals surface area contributed by atoms with E-state index in [0.29, 0.717) is 11.7 Å².